The summed E-state index contributed by atoms with van der Waals surface area (Å²) < 4.78 is 5.85. The number of fused-ring (bicyclic) bond motifs is 1. The van der Waals surface area contributed by atoms with Gasteiger partial charge in [0.2, 0.25) is 5.91 Å². The van der Waals surface area contributed by atoms with Crippen molar-refractivity contribution in [3.05, 3.63) is 46.5 Å². The Bertz CT molecular complexity index is 1270. The molecule has 3 unspecified atom stereocenters. The molecule has 41 heavy (non-hydrogen) atoms. The second-order valence-electron chi connectivity index (χ2n) is 11.3. The third-order valence-electron chi connectivity index (χ3n) is 7.97. The van der Waals surface area contributed by atoms with Crippen molar-refractivity contribution in [2.24, 2.45) is 10.9 Å². The number of hydrogen-bond donors (Lipinski definition) is 2. The highest BCUT2D eigenvalue weighted by atomic mass is 35.5. The van der Waals surface area contributed by atoms with Crippen molar-refractivity contribution in [2.45, 2.75) is 64.0 Å². The molecule has 0 aromatic heterocycles. The Balaban J connectivity index is 1.53. The van der Waals surface area contributed by atoms with Gasteiger partial charge in [0.25, 0.3) is 0 Å². The number of piperidine rings is 1. The maximum atomic E-state index is 12.8. The maximum Gasteiger partial charge on any atom is 0.224 e. The SMILES string of the molecule is CCOc1cc2c(cc1NC(=O)CCCN(C)C)C(Nc1ccc(CCC3CCCCN3C)c(Cl)c1)C(C#N)C=N2. The third-order valence-corrected chi connectivity index (χ3v) is 8.32. The molecule has 0 spiro atoms. The van der Waals surface area contributed by atoms with Crippen molar-refractivity contribution in [3.63, 3.8) is 0 Å². The van der Waals surface area contributed by atoms with Gasteiger partial charge in [0.15, 0.2) is 0 Å². The van der Waals surface area contributed by atoms with Crippen molar-refractivity contribution >= 4 is 40.8 Å². The van der Waals surface area contributed by atoms with Gasteiger partial charge >= 0.3 is 0 Å². The monoisotopic (exact) mass is 578 g/mol. The van der Waals surface area contributed by atoms with Crippen LogP contribution in [0.15, 0.2) is 35.3 Å². The predicted molar refractivity (Wildman–Crippen MR) is 168 cm³/mol. The van der Waals surface area contributed by atoms with Crippen LogP contribution in [0.4, 0.5) is 17.1 Å². The maximum absolute atomic E-state index is 12.8. The van der Waals surface area contributed by atoms with Crippen molar-refractivity contribution in [2.75, 3.05) is 51.5 Å². The first-order valence-corrected chi connectivity index (χ1v) is 15.1. The quantitative estimate of drug-likeness (QED) is 0.301. The van der Waals surface area contributed by atoms with Gasteiger partial charge in [-0.2, -0.15) is 5.26 Å². The van der Waals surface area contributed by atoms with E-state index in [1.54, 1.807) is 6.21 Å². The molecule has 2 aromatic rings. The normalized spacial score (nSPS) is 20.4. The molecule has 2 heterocycles. The number of aliphatic imine (C=N–C) groups is 1. The fraction of sp³-hybridized carbons (Fsp3) is 0.531. The molecule has 2 N–H and O–H groups in total. The third kappa shape index (κ3) is 8.22. The second-order valence-corrected chi connectivity index (χ2v) is 11.7. The van der Waals surface area contributed by atoms with Gasteiger partial charge in [0.1, 0.15) is 11.7 Å². The van der Waals surface area contributed by atoms with E-state index in [1.807, 2.05) is 45.3 Å². The molecule has 2 aromatic carbocycles. The van der Waals surface area contributed by atoms with Gasteiger partial charge in [0, 0.05) is 41.0 Å². The molecule has 4 rings (SSSR count). The summed E-state index contributed by atoms with van der Waals surface area (Å²) in [5.41, 5.74) is 4.10. The minimum absolute atomic E-state index is 0.0739. The van der Waals surface area contributed by atoms with Crippen LogP contribution in [0, 0.1) is 17.2 Å². The Morgan fingerprint density at radius 3 is 2.80 bits per heavy atom. The van der Waals surface area contributed by atoms with Gasteiger partial charge < -0.3 is 25.2 Å². The second kappa shape index (κ2) is 14.7. The Labute approximate surface area is 249 Å². The standard InChI is InChI=1S/C32H43ClN6O2/c1-5-41-30-19-28-26(18-29(30)37-31(40)10-8-15-38(2)3)32(23(20-34)21-35-28)36-24-13-11-22(27(33)17-24)12-14-25-9-6-7-16-39(25)4/h11,13,17-19,21,23,25,32,36H,5-10,12,14-16H2,1-4H3,(H,37,40). The lowest BCUT2D eigenvalue weighted by Crippen LogP contribution is -2.36. The molecule has 0 aliphatic carbocycles. The van der Waals surface area contributed by atoms with E-state index in [0.29, 0.717) is 36.2 Å². The number of amides is 1. The largest absolute Gasteiger partial charge is 0.492 e. The summed E-state index contributed by atoms with van der Waals surface area (Å²) in [6.45, 7) is 4.36. The van der Waals surface area contributed by atoms with Crippen molar-refractivity contribution in [1.82, 2.24) is 9.80 Å². The van der Waals surface area contributed by atoms with Crippen LogP contribution in [0.1, 0.15) is 62.6 Å². The van der Waals surface area contributed by atoms with Crippen molar-refractivity contribution in [1.29, 1.82) is 5.26 Å². The van der Waals surface area contributed by atoms with Gasteiger partial charge in [-0.25, -0.2) is 0 Å². The van der Waals surface area contributed by atoms with Gasteiger partial charge in [-0.3, -0.25) is 9.79 Å². The van der Waals surface area contributed by atoms with E-state index in [-0.39, 0.29) is 11.9 Å². The lowest BCUT2D eigenvalue weighted by molar-refractivity contribution is -0.116. The number of aryl methyl sites for hydroxylation is 1. The van der Waals surface area contributed by atoms with Crippen LogP contribution in [-0.4, -0.2) is 68.8 Å². The van der Waals surface area contributed by atoms with Crippen LogP contribution >= 0.6 is 11.6 Å². The number of benzene rings is 2. The highest BCUT2D eigenvalue weighted by molar-refractivity contribution is 6.31. The van der Waals surface area contributed by atoms with Gasteiger partial charge in [-0.05, 0) is 97.0 Å². The number of anilines is 2. The summed E-state index contributed by atoms with van der Waals surface area (Å²) >= 11 is 6.76. The number of ether oxygens (including phenoxy) is 1. The Hall–Kier alpha value is -3.12. The molecular weight excluding hydrogens is 536 g/mol. The first-order chi connectivity index (χ1) is 19.8. The topological polar surface area (TPSA) is 93.0 Å². The first-order valence-electron chi connectivity index (χ1n) is 14.7. The molecular formula is C32H43ClN6O2. The number of hydrogen-bond acceptors (Lipinski definition) is 7. The van der Waals surface area contributed by atoms with Gasteiger partial charge in [-0.15, -0.1) is 0 Å². The smallest absolute Gasteiger partial charge is 0.224 e. The molecule has 0 radical (unpaired) electrons. The lowest BCUT2D eigenvalue weighted by Gasteiger charge is -2.32. The summed E-state index contributed by atoms with van der Waals surface area (Å²) in [5.74, 6) is -0.00546. The summed E-state index contributed by atoms with van der Waals surface area (Å²) in [6.07, 6.45) is 8.69. The minimum Gasteiger partial charge on any atom is -0.492 e. The summed E-state index contributed by atoms with van der Waals surface area (Å²) in [6, 6.07) is 12.4. The Morgan fingerprint density at radius 1 is 1.27 bits per heavy atom. The first kappa shape index (κ1) is 30.8. The van der Waals surface area contributed by atoms with E-state index in [1.165, 1.54) is 25.8 Å². The predicted octanol–water partition coefficient (Wildman–Crippen LogP) is 6.44. The van der Waals surface area contributed by atoms with Crippen LogP contribution < -0.4 is 15.4 Å². The molecule has 9 heteroatoms. The van der Waals surface area contributed by atoms with Crippen LogP contribution in [-0.2, 0) is 11.2 Å². The van der Waals surface area contributed by atoms with Crippen LogP contribution in [0.2, 0.25) is 5.02 Å². The van der Waals surface area contributed by atoms with E-state index < -0.39 is 5.92 Å². The average molecular weight is 579 g/mol. The molecule has 220 valence electrons. The van der Waals surface area contributed by atoms with Crippen LogP contribution in [0.25, 0.3) is 0 Å². The number of rotatable bonds is 12. The molecule has 1 fully saturated rings. The number of halogens is 1. The lowest BCUT2D eigenvalue weighted by atomic mass is 9.90. The molecule has 0 bridgehead atoms. The molecule has 1 amide bonds. The highest BCUT2D eigenvalue weighted by Gasteiger charge is 2.30. The van der Waals surface area contributed by atoms with Crippen LogP contribution in [0.3, 0.4) is 0 Å². The molecule has 3 atom stereocenters. The van der Waals surface area contributed by atoms with E-state index in [9.17, 15) is 10.1 Å². The molecule has 8 nitrogen and oxygen atoms in total. The minimum atomic E-state index is -0.496. The zero-order valence-corrected chi connectivity index (χ0v) is 25.5. The zero-order valence-electron chi connectivity index (χ0n) is 24.8. The summed E-state index contributed by atoms with van der Waals surface area (Å²) in [5, 5.41) is 17.3. The van der Waals surface area contributed by atoms with Crippen molar-refractivity contribution in [3.8, 4) is 11.8 Å². The molecule has 1 saturated heterocycles. The summed E-state index contributed by atoms with van der Waals surface area (Å²) in [7, 11) is 6.20. The summed E-state index contributed by atoms with van der Waals surface area (Å²) in [4.78, 5) is 21.8. The number of nitrogens with zero attached hydrogens (tertiary/aromatic N) is 4. The molecule has 2 aliphatic heterocycles. The highest BCUT2D eigenvalue weighted by Crippen LogP contribution is 2.42. The number of carbonyl (C=O) groups is 1. The molecule has 2 aliphatic rings. The van der Waals surface area contributed by atoms with E-state index >= 15 is 0 Å². The number of carbonyl (C=O) groups excluding carboxylic acids is 1. The van der Waals surface area contributed by atoms with E-state index in [2.05, 4.69) is 44.6 Å². The number of likely N-dealkylation sites (tertiary alicyclic amines) is 1. The fourth-order valence-electron chi connectivity index (χ4n) is 5.65. The number of nitriles is 1. The van der Waals surface area contributed by atoms with Gasteiger partial charge in [0.05, 0.1) is 30.1 Å². The Morgan fingerprint density at radius 2 is 2.10 bits per heavy atom. The average Bonchev–Trinajstić information content (AvgIpc) is 2.94. The van der Waals surface area contributed by atoms with E-state index in [4.69, 9.17) is 16.3 Å². The Kier molecular flexibility index (Phi) is 11.0. The zero-order chi connectivity index (χ0) is 29.4. The molecule has 0 saturated carbocycles. The van der Waals surface area contributed by atoms with Crippen molar-refractivity contribution < 1.29 is 9.53 Å². The van der Waals surface area contributed by atoms with E-state index in [0.717, 1.165) is 47.6 Å². The number of nitrogens with one attached hydrogen (secondary N) is 2. The fourth-order valence-corrected chi connectivity index (χ4v) is 5.93. The van der Waals surface area contributed by atoms with Crippen LogP contribution in [0.5, 0.6) is 5.75 Å². The van der Waals surface area contributed by atoms with Gasteiger partial charge in [-0.1, -0.05) is 24.1 Å².